The Bertz CT molecular complexity index is 865. The summed E-state index contributed by atoms with van der Waals surface area (Å²) in [6, 6.07) is 17.9. The highest BCUT2D eigenvalue weighted by atomic mass is 16.7. The van der Waals surface area contributed by atoms with Crippen molar-refractivity contribution < 1.29 is 23.8 Å². The Labute approximate surface area is 172 Å². The number of ether oxygens (including phenoxy) is 3. The third-order valence-electron chi connectivity index (χ3n) is 5.37. The fraction of sp³-hybridized carbons (Fsp3) is 0.417. The van der Waals surface area contributed by atoms with Crippen LogP contribution in [0.15, 0.2) is 54.6 Å². The molecule has 2 aromatic rings. The van der Waals surface area contributed by atoms with E-state index in [4.69, 9.17) is 14.2 Å². The summed E-state index contributed by atoms with van der Waals surface area (Å²) in [5.74, 6) is -2.54. The molecule has 0 spiro atoms. The molecule has 5 nitrogen and oxygen atoms in total. The van der Waals surface area contributed by atoms with Gasteiger partial charge in [-0.25, -0.2) is 0 Å². The predicted octanol–water partition coefficient (Wildman–Crippen LogP) is 4.70. The summed E-state index contributed by atoms with van der Waals surface area (Å²) in [5, 5.41) is 0. The van der Waals surface area contributed by atoms with Gasteiger partial charge in [-0.3, -0.25) is 9.59 Å². The molecule has 0 aromatic heterocycles. The maximum atomic E-state index is 12.7. The van der Waals surface area contributed by atoms with E-state index in [1.807, 2.05) is 56.3 Å². The topological polar surface area (TPSA) is 61.8 Å². The minimum Gasteiger partial charge on any atom is -0.497 e. The highest BCUT2D eigenvalue weighted by Crippen LogP contribution is 2.44. The number of rotatable bonds is 6. The first-order valence-electron chi connectivity index (χ1n) is 9.77. The van der Waals surface area contributed by atoms with Crippen LogP contribution in [0.1, 0.15) is 51.2 Å². The second kappa shape index (κ2) is 7.90. The Morgan fingerprint density at radius 2 is 1.55 bits per heavy atom. The summed E-state index contributed by atoms with van der Waals surface area (Å²) in [4.78, 5) is 25.4. The molecule has 1 atom stereocenters. The normalized spacial score (nSPS) is 18.0. The van der Waals surface area contributed by atoms with Gasteiger partial charge in [0.1, 0.15) is 5.75 Å². The van der Waals surface area contributed by atoms with Gasteiger partial charge in [0.2, 0.25) is 0 Å². The lowest BCUT2D eigenvalue weighted by Gasteiger charge is -2.40. The van der Waals surface area contributed by atoms with E-state index in [9.17, 15) is 9.59 Å². The van der Waals surface area contributed by atoms with Crippen molar-refractivity contribution >= 4 is 11.9 Å². The minimum atomic E-state index is -1.23. The molecule has 1 saturated heterocycles. The molecular weight excluding hydrogens is 368 g/mol. The van der Waals surface area contributed by atoms with Crippen molar-refractivity contribution in [2.24, 2.45) is 11.3 Å². The first kappa shape index (κ1) is 20.9. The van der Waals surface area contributed by atoms with Gasteiger partial charge in [-0.2, -0.15) is 0 Å². The summed E-state index contributed by atoms with van der Waals surface area (Å²) in [6.45, 7) is 6.95. The van der Waals surface area contributed by atoms with Crippen molar-refractivity contribution in [3.8, 4) is 5.75 Å². The average Bonchev–Trinajstić information content (AvgIpc) is 2.65. The van der Waals surface area contributed by atoms with E-state index in [1.165, 1.54) is 0 Å². The summed E-state index contributed by atoms with van der Waals surface area (Å²) >= 11 is 0. The van der Waals surface area contributed by atoms with Crippen LogP contribution in [0.25, 0.3) is 0 Å². The van der Waals surface area contributed by atoms with E-state index in [-0.39, 0.29) is 5.92 Å². The second-order valence-electron chi connectivity index (χ2n) is 8.61. The molecule has 0 amide bonds. The predicted molar refractivity (Wildman–Crippen MR) is 109 cm³/mol. The van der Waals surface area contributed by atoms with E-state index in [0.29, 0.717) is 6.42 Å². The zero-order chi connectivity index (χ0) is 21.2. The van der Waals surface area contributed by atoms with Crippen LogP contribution in [0.5, 0.6) is 5.75 Å². The van der Waals surface area contributed by atoms with Gasteiger partial charge in [-0.15, -0.1) is 0 Å². The third-order valence-corrected chi connectivity index (χ3v) is 5.37. The number of benzene rings is 2. The number of hydrogen-bond donors (Lipinski definition) is 0. The number of hydrogen-bond acceptors (Lipinski definition) is 5. The number of cyclic esters (lactones) is 2. The Balaban J connectivity index is 1.96. The molecule has 154 valence electrons. The Kier molecular flexibility index (Phi) is 5.69. The Morgan fingerprint density at radius 1 is 0.966 bits per heavy atom. The van der Waals surface area contributed by atoms with Gasteiger partial charge in [0.25, 0.3) is 5.79 Å². The lowest BCUT2D eigenvalue weighted by Crippen LogP contribution is -2.51. The van der Waals surface area contributed by atoms with Gasteiger partial charge < -0.3 is 14.2 Å². The zero-order valence-corrected chi connectivity index (χ0v) is 17.6. The van der Waals surface area contributed by atoms with Crippen molar-refractivity contribution in [2.75, 3.05) is 7.11 Å². The van der Waals surface area contributed by atoms with Crippen molar-refractivity contribution in [1.82, 2.24) is 0 Å². The van der Waals surface area contributed by atoms with Crippen LogP contribution in [-0.4, -0.2) is 24.8 Å². The third kappa shape index (κ3) is 4.61. The van der Waals surface area contributed by atoms with Crippen LogP contribution < -0.4 is 4.74 Å². The largest absolute Gasteiger partial charge is 0.497 e. The number of esters is 2. The van der Waals surface area contributed by atoms with Crippen molar-refractivity contribution in [1.29, 1.82) is 0 Å². The summed E-state index contributed by atoms with van der Waals surface area (Å²) in [5.41, 5.74) is 1.47. The van der Waals surface area contributed by atoms with Gasteiger partial charge in [-0.1, -0.05) is 56.3 Å². The van der Waals surface area contributed by atoms with Crippen molar-refractivity contribution in [2.45, 2.75) is 45.8 Å². The molecule has 0 N–H and O–H groups in total. The Hall–Kier alpha value is -2.82. The van der Waals surface area contributed by atoms with Crippen LogP contribution >= 0.6 is 0 Å². The summed E-state index contributed by atoms with van der Waals surface area (Å²) in [6.07, 6.45) is 0.555. The van der Waals surface area contributed by atoms with E-state index in [0.717, 1.165) is 16.9 Å². The van der Waals surface area contributed by atoms with E-state index < -0.39 is 29.1 Å². The average molecular weight is 396 g/mol. The Morgan fingerprint density at radius 3 is 2.14 bits per heavy atom. The molecular formula is C24H28O5. The molecule has 1 aliphatic rings. The van der Waals surface area contributed by atoms with E-state index in [2.05, 4.69) is 12.1 Å². The van der Waals surface area contributed by atoms with Crippen molar-refractivity contribution in [3.63, 3.8) is 0 Å². The molecule has 0 unspecified atom stereocenters. The number of methoxy groups -OCH3 is 1. The highest BCUT2D eigenvalue weighted by Gasteiger charge is 2.51. The van der Waals surface area contributed by atoms with Crippen LogP contribution in [-0.2, 0) is 19.1 Å². The van der Waals surface area contributed by atoms with Crippen molar-refractivity contribution in [3.05, 3.63) is 65.7 Å². The molecule has 0 saturated carbocycles. The maximum Gasteiger partial charge on any atom is 0.324 e. The SMILES string of the molecule is COc1cccc([C@@H](CC(C)(C)C2C(=O)OC(C)(C)OC2=O)c2ccccc2)c1. The molecule has 2 aromatic carbocycles. The molecule has 5 heteroatoms. The highest BCUT2D eigenvalue weighted by molar-refractivity contribution is 5.97. The molecule has 3 rings (SSSR count). The molecule has 1 fully saturated rings. The molecule has 1 heterocycles. The standard InChI is InChI=1S/C24H28O5/c1-23(2,20-21(25)28-24(3,4)29-22(20)26)15-19(16-10-7-6-8-11-16)17-12-9-13-18(14-17)27-5/h6-14,19-20H,15H2,1-5H3/t19-/m0/s1. The molecule has 29 heavy (non-hydrogen) atoms. The first-order chi connectivity index (χ1) is 13.6. The monoisotopic (exact) mass is 396 g/mol. The number of carbonyl (C=O) groups excluding carboxylic acids is 2. The smallest absolute Gasteiger partial charge is 0.324 e. The molecule has 0 aliphatic carbocycles. The fourth-order valence-electron chi connectivity index (χ4n) is 3.97. The van der Waals surface area contributed by atoms with Gasteiger partial charge in [0.05, 0.1) is 7.11 Å². The van der Waals surface area contributed by atoms with E-state index in [1.54, 1.807) is 21.0 Å². The molecule has 0 bridgehead atoms. The summed E-state index contributed by atoms with van der Waals surface area (Å²) < 4.78 is 16.1. The molecule has 1 aliphatic heterocycles. The molecule has 0 radical (unpaired) electrons. The van der Waals surface area contributed by atoms with E-state index >= 15 is 0 Å². The first-order valence-corrected chi connectivity index (χ1v) is 9.77. The minimum absolute atomic E-state index is 0.0307. The summed E-state index contributed by atoms with van der Waals surface area (Å²) in [7, 11) is 1.64. The van der Waals surface area contributed by atoms with Gasteiger partial charge >= 0.3 is 11.9 Å². The van der Waals surface area contributed by atoms with Gasteiger partial charge in [0, 0.05) is 19.8 Å². The lowest BCUT2D eigenvalue weighted by atomic mass is 9.69. The maximum absolute atomic E-state index is 12.7. The van der Waals surface area contributed by atoms with Gasteiger partial charge in [0.15, 0.2) is 5.92 Å². The van der Waals surface area contributed by atoms with Crippen LogP contribution in [0, 0.1) is 11.3 Å². The lowest BCUT2D eigenvalue weighted by molar-refractivity contribution is -0.245. The fourth-order valence-corrected chi connectivity index (χ4v) is 3.97. The van der Waals surface area contributed by atoms with Crippen LogP contribution in [0.2, 0.25) is 0 Å². The quantitative estimate of drug-likeness (QED) is 0.523. The zero-order valence-electron chi connectivity index (χ0n) is 17.6. The van der Waals surface area contributed by atoms with Gasteiger partial charge in [-0.05, 0) is 35.1 Å². The van der Waals surface area contributed by atoms with Crippen LogP contribution in [0.3, 0.4) is 0 Å². The number of carbonyl (C=O) groups is 2. The second-order valence-corrected chi connectivity index (χ2v) is 8.61. The van der Waals surface area contributed by atoms with Crippen LogP contribution in [0.4, 0.5) is 0 Å².